The Hall–Kier alpha value is -2.63. The highest BCUT2D eigenvalue weighted by molar-refractivity contribution is 5.83. The Morgan fingerprint density at radius 2 is 2.04 bits per heavy atom. The molecule has 1 aliphatic rings. The Kier molecular flexibility index (Phi) is 5.16. The molecule has 0 spiro atoms. The van der Waals surface area contributed by atoms with E-state index in [2.05, 4.69) is 27.3 Å². The molecule has 1 aromatic carbocycles. The lowest BCUT2D eigenvalue weighted by Gasteiger charge is -2.34. The lowest BCUT2D eigenvalue weighted by molar-refractivity contribution is -0.141. The van der Waals surface area contributed by atoms with Crippen LogP contribution in [0.4, 0.5) is 5.69 Å². The van der Waals surface area contributed by atoms with Gasteiger partial charge in [0.15, 0.2) is 0 Å². The fourth-order valence-electron chi connectivity index (χ4n) is 3.21. The van der Waals surface area contributed by atoms with Crippen molar-refractivity contribution in [2.45, 2.75) is 32.2 Å². The number of carbonyl (C=O) groups is 2. The van der Waals surface area contributed by atoms with Gasteiger partial charge < -0.3 is 15.3 Å². The molecular formula is C19H23N3O3. The summed E-state index contributed by atoms with van der Waals surface area (Å²) in [7, 11) is 0. The van der Waals surface area contributed by atoms with Gasteiger partial charge in [0.05, 0.1) is 23.8 Å². The zero-order valence-electron chi connectivity index (χ0n) is 14.3. The number of anilines is 1. The van der Waals surface area contributed by atoms with Crippen molar-refractivity contribution in [1.82, 2.24) is 10.3 Å². The van der Waals surface area contributed by atoms with Crippen molar-refractivity contribution in [1.29, 1.82) is 0 Å². The number of hydrogen-bond acceptors (Lipinski definition) is 4. The van der Waals surface area contributed by atoms with Crippen LogP contribution < -0.4 is 10.2 Å². The standard InChI is InChI=1S/C19H23N3O3/c1-13(10-18(23)24)19(25)21-15-6-8-22(9-7-15)16-11-14-4-2-3-5-17(14)20-12-16/h2-5,11-13,15H,6-10H2,1H3,(H,21,25)(H,23,24)/t13-/m0/s1. The quantitative estimate of drug-likeness (QED) is 0.873. The monoisotopic (exact) mass is 341 g/mol. The van der Waals surface area contributed by atoms with Gasteiger partial charge in [-0.25, -0.2) is 0 Å². The molecule has 25 heavy (non-hydrogen) atoms. The van der Waals surface area contributed by atoms with Crippen LogP contribution in [0.5, 0.6) is 0 Å². The molecular weight excluding hydrogens is 318 g/mol. The lowest BCUT2D eigenvalue weighted by Crippen LogP contribution is -2.46. The predicted octanol–water partition coefficient (Wildman–Crippen LogP) is 2.43. The van der Waals surface area contributed by atoms with E-state index in [1.54, 1.807) is 6.92 Å². The van der Waals surface area contributed by atoms with Crippen molar-refractivity contribution in [3.8, 4) is 0 Å². The Bertz CT molecular complexity index is 769. The molecule has 2 aromatic rings. The summed E-state index contributed by atoms with van der Waals surface area (Å²) in [5, 5.41) is 12.9. The van der Waals surface area contributed by atoms with Gasteiger partial charge in [0.25, 0.3) is 0 Å². The smallest absolute Gasteiger partial charge is 0.304 e. The number of aliphatic carboxylic acids is 1. The minimum atomic E-state index is -0.943. The maximum absolute atomic E-state index is 12.0. The van der Waals surface area contributed by atoms with Crippen molar-refractivity contribution in [2.24, 2.45) is 5.92 Å². The number of carbonyl (C=O) groups excluding carboxylic acids is 1. The second-order valence-electron chi connectivity index (χ2n) is 6.66. The van der Waals surface area contributed by atoms with Gasteiger partial charge in [-0.3, -0.25) is 14.6 Å². The van der Waals surface area contributed by atoms with Crippen molar-refractivity contribution >= 4 is 28.5 Å². The number of amides is 1. The predicted molar refractivity (Wildman–Crippen MR) is 96.5 cm³/mol. The maximum Gasteiger partial charge on any atom is 0.304 e. The summed E-state index contributed by atoms with van der Waals surface area (Å²) in [5.41, 5.74) is 2.09. The third-order valence-corrected chi connectivity index (χ3v) is 4.71. The normalized spacial score (nSPS) is 16.6. The van der Waals surface area contributed by atoms with Crippen LogP contribution >= 0.6 is 0 Å². The van der Waals surface area contributed by atoms with E-state index < -0.39 is 11.9 Å². The Labute approximate surface area is 146 Å². The largest absolute Gasteiger partial charge is 0.481 e. The van der Waals surface area contributed by atoms with E-state index in [0.29, 0.717) is 0 Å². The highest BCUT2D eigenvalue weighted by atomic mass is 16.4. The summed E-state index contributed by atoms with van der Waals surface area (Å²) in [6.45, 7) is 3.34. The average molecular weight is 341 g/mol. The third kappa shape index (κ3) is 4.26. The first-order chi connectivity index (χ1) is 12.0. The van der Waals surface area contributed by atoms with Gasteiger partial charge in [0.1, 0.15) is 0 Å². The summed E-state index contributed by atoms with van der Waals surface area (Å²) >= 11 is 0. The second-order valence-corrected chi connectivity index (χ2v) is 6.66. The maximum atomic E-state index is 12.0. The molecule has 6 heteroatoms. The molecule has 0 radical (unpaired) electrons. The van der Waals surface area contributed by atoms with Gasteiger partial charge >= 0.3 is 5.97 Å². The Balaban J connectivity index is 1.56. The summed E-state index contributed by atoms with van der Waals surface area (Å²) in [4.78, 5) is 29.5. The number of nitrogens with zero attached hydrogens (tertiary/aromatic N) is 2. The Morgan fingerprint density at radius 1 is 1.32 bits per heavy atom. The molecule has 1 fully saturated rings. The average Bonchev–Trinajstić information content (AvgIpc) is 2.61. The minimum absolute atomic E-state index is 0.105. The topological polar surface area (TPSA) is 82.5 Å². The van der Waals surface area contributed by atoms with Crippen LogP contribution in [0.1, 0.15) is 26.2 Å². The molecule has 0 aliphatic carbocycles. The van der Waals surface area contributed by atoms with Crippen molar-refractivity contribution < 1.29 is 14.7 Å². The van der Waals surface area contributed by atoms with Crippen LogP contribution in [0.15, 0.2) is 36.5 Å². The molecule has 2 N–H and O–H groups in total. The number of pyridine rings is 1. The van der Waals surface area contributed by atoms with Crippen LogP contribution in [0.2, 0.25) is 0 Å². The zero-order valence-corrected chi connectivity index (χ0v) is 14.3. The number of fused-ring (bicyclic) bond motifs is 1. The van der Waals surface area contributed by atoms with Crippen LogP contribution in [0.25, 0.3) is 10.9 Å². The van der Waals surface area contributed by atoms with E-state index in [9.17, 15) is 9.59 Å². The first-order valence-electron chi connectivity index (χ1n) is 8.65. The zero-order chi connectivity index (χ0) is 17.8. The van der Waals surface area contributed by atoms with Crippen LogP contribution in [0, 0.1) is 5.92 Å². The number of benzene rings is 1. The summed E-state index contributed by atoms with van der Waals surface area (Å²) < 4.78 is 0. The first kappa shape index (κ1) is 17.2. The van der Waals surface area contributed by atoms with Gasteiger partial charge in [-0.1, -0.05) is 25.1 Å². The van der Waals surface area contributed by atoms with Gasteiger partial charge in [-0.05, 0) is 25.0 Å². The SMILES string of the molecule is C[C@@H](CC(=O)O)C(=O)NC1CCN(c2cnc3ccccc3c2)CC1. The molecule has 1 aromatic heterocycles. The molecule has 0 unspecified atom stereocenters. The molecule has 1 amide bonds. The third-order valence-electron chi connectivity index (χ3n) is 4.71. The second kappa shape index (κ2) is 7.51. The fourth-order valence-corrected chi connectivity index (χ4v) is 3.21. The van der Waals surface area contributed by atoms with Crippen molar-refractivity contribution in [2.75, 3.05) is 18.0 Å². The summed E-state index contributed by atoms with van der Waals surface area (Å²) in [5.74, 6) is -1.62. The number of piperidine rings is 1. The van der Waals surface area contributed by atoms with Crippen molar-refractivity contribution in [3.05, 3.63) is 36.5 Å². The van der Waals surface area contributed by atoms with Gasteiger partial charge in [-0.15, -0.1) is 0 Å². The van der Waals surface area contributed by atoms with Crippen LogP contribution in [-0.4, -0.2) is 41.1 Å². The Morgan fingerprint density at radius 3 is 2.76 bits per heavy atom. The van der Waals surface area contributed by atoms with E-state index >= 15 is 0 Å². The lowest BCUT2D eigenvalue weighted by atomic mass is 10.0. The fraction of sp³-hybridized carbons (Fsp3) is 0.421. The van der Waals surface area contributed by atoms with E-state index in [1.165, 1.54) is 0 Å². The van der Waals surface area contributed by atoms with Crippen LogP contribution in [0.3, 0.4) is 0 Å². The number of aromatic nitrogens is 1. The number of hydrogen-bond donors (Lipinski definition) is 2. The molecule has 132 valence electrons. The van der Waals surface area contributed by atoms with Gasteiger partial charge in [0, 0.05) is 30.4 Å². The molecule has 3 rings (SSSR count). The number of nitrogens with one attached hydrogen (secondary N) is 1. The molecule has 1 aliphatic heterocycles. The van der Waals surface area contributed by atoms with E-state index in [-0.39, 0.29) is 18.4 Å². The highest BCUT2D eigenvalue weighted by Gasteiger charge is 2.24. The van der Waals surface area contributed by atoms with E-state index in [0.717, 1.165) is 42.5 Å². The van der Waals surface area contributed by atoms with E-state index in [4.69, 9.17) is 5.11 Å². The number of carboxylic acids is 1. The first-order valence-corrected chi connectivity index (χ1v) is 8.65. The highest BCUT2D eigenvalue weighted by Crippen LogP contribution is 2.23. The van der Waals surface area contributed by atoms with Gasteiger partial charge in [-0.2, -0.15) is 0 Å². The number of rotatable bonds is 5. The molecule has 1 atom stereocenters. The molecule has 6 nitrogen and oxygen atoms in total. The van der Waals surface area contributed by atoms with Gasteiger partial charge in [0.2, 0.25) is 5.91 Å². The molecule has 2 heterocycles. The summed E-state index contributed by atoms with van der Waals surface area (Å²) in [6.07, 6.45) is 3.46. The number of para-hydroxylation sites is 1. The van der Waals surface area contributed by atoms with E-state index in [1.807, 2.05) is 24.4 Å². The summed E-state index contributed by atoms with van der Waals surface area (Å²) in [6, 6.07) is 10.3. The number of carboxylic acid groups (broad SMARTS) is 1. The molecule has 0 bridgehead atoms. The van der Waals surface area contributed by atoms with Crippen LogP contribution in [-0.2, 0) is 9.59 Å². The minimum Gasteiger partial charge on any atom is -0.481 e. The molecule has 0 saturated carbocycles. The molecule has 1 saturated heterocycles. The van der Waals surface area contributed by atoms with Crippen molar-refractivity contribution in [3.63, 3.8) is 0 Å².